The van der Waals surface area contributed by atoms with E-state index in [9.17, 15) is 4.39 Å². The molecule has 4 heteroatoms. The number of ether oxygens (including phenoxy) is 1. The molecule has 0 amide bonds. The van der Waals surface area contributed by atoms with Crippen LogP contribution in [0, 0.1) is 5.82 Å². The van der Waals surface area contributed by atoms with Gasteiger partial charge in [-0.3, -0.25) is 5.43 Å². The Hall–Kier alpha value is -3.14. The number of nitrogens with one attached hydrogen (secondary N) is 1. The third-order valence-electron chi connectivity index (χ3n) is 3.38. The second kappa shape index (κ2) is 7.92. The summed E-state index contributed by atoms with van der Waals surface area (Å²) >= 11 is 0. The van der Waals surface area contributed by atoms with E-state index in [0.29, 0.717) is 12.4 Å². The summed E-state index contributed by atoms with van der Waals surface area (Å²) < 4.78 is 18.4. The minimum Gasteiger partial charge on any atom is -0.489 e. The molecule has 0 unspecified atom stereocenters. The van der Waals surface area contributed by atoms with Crippen LogP contribution in [0.3, 0.4) is 0 Å². The first-order valence-electron chi connectivity index (χ1n) is 7.61. The number of para-hydroxylation sites is 1. The van der Waals surface area contributed by atoms with Gasteiger partial charge in [0.15, 0.2) is 0 Å². The van der Waals surface area contributed by atoms with E-state index in [1.54, 1.807) is 18.3 Å². The molecule has 3 aromatic rings. The Morgan fingerprint density at radius 2 is 1.58 bits per heavy atom. The van der Waals surface area contributed by atoms with Crippen molar-refractivity contribution in [2.45, 2.75) is 6.61 Å². The molecular weight excluding hydrogens is 303 g/mol. The number of nitrogens with zero attached hydrogens (tertiary/aromatic N) is 1. The van der Waals surface area contributed by atoms with Crippen molar-refractivity contribution in [2.75, 3.05) is 5.43 Å². The normalized spacial score (nSPS) is 10.7. The van der Waals surface area contributed by atoms with Gasteiger partial charge in [0.2, 0.25) is 0 Å². The van der Waals surface area contributed by atoms with Gasteiger partial charge in [-0.2, -0.15) is 5.10 Å². The van der Waals surface area contributed by atoms with Gasteiger partial charge in [0, 0.05) is 0 Å². The van der Waals surface area contributed by atoms with Gasteiger partial charge in [0.1, 0.15) is 18.2 Å². The lowest BCUT2D eigenvalue weighted by Gasteiger charge is -2.06. The average Bonchev–Trinajstić information content (AvgIpc) is 2.63. The fourth-order valence-electron chi connectivity index (χ4n) is 2.09. The van der Waals surface area contributed by atoms with E-state index in [0.717, 1.165) is 16.8 Å². The summed E-state index contributed by atoms with van der Waals surface area (Å²) in [5, 5.41) is 4.20. The molecule has 0 saturated heterocycles. The molecule has 0 heterocycles. The fraction of sp³-hybridized carbons (Fsp3) is 0.0500. The highest BCUT2D eigenvalue weighted by atomic mass is 19.1. The maximum Gasteiger partial charge on any atom is 0.123 e. The van der Waals surface area contributed by atoms with Crippen molar-refractivity contribution in [1.29, 1.82) is 0 Å². The minimum atomic E-state index is -0.268. The van der Waals surface area contributed by atoms with Crippen LogP contribution in [-0.4, -0.2) is 6.21 Å². The van der Waals surface area contributed by atoms with Gasteiger partial charge in [-0.05, 0) is 47.5 Å². The first kappa shape index (κ1) is 15.7. The molecule has 0 fully saturated rings. The zero-order valence-corrected chi connectivity index (χ0v) is 13.0. The highest BCUT2D eigenvalue weighted by Gasteiger charge is 1.97. The summed E-state index contributed by atoms with van der Waals surface area (Å²) in [4.78, 5) is 0. The molecule has 120 valence electrons. The molecule has 0 aliphatic heterocycles. The molecule has 3 rings (SSSR count). The summed E-state index contributed by atoms with van der Waals surface area (Å²) in [5.41, 5.74) is 5.94. The Labute approximate surface area is 140 Å². The fourth-order valence-corrected chi connectivity index (χ4v) is 2.09. The largest absolute Gasteiger partial charge is 0.489 e. The lowest BCUT2D eigenvalue weighted by Crippen LogP contribution is -1.96. The van der Waals surface area contributed by atoms with Crippen LogP contribution in [0.15, 0.2) is 84.0 Å². The van der Waals surface area contributed by atoms with E-state index in [4.69, 9.17) is 4.74 Å². The van der Waals surface area contributed by atoms with Gasteiger partial charge in [0.05, 0.1) is 11.9 Å². The van der Waals surface area contributed by atoms with Crippen LogP contribution in [0.1, 0.15) is 11.1 Å². The van der Waals surface area contributed by atoms with Gasteiger partial charge in [-0.15, -0.1) is 0 Å². The van der Waals surface area contributed by atoms with E-state index >= 15 is 0 Å². The second-order valence-corrected chi connectivity index (χ2v) is 5.22. The van der Waals surface area contributed by atoms with E-state index in [1.807, 2.05) is 54.6 Å². The Kier molecular flexibility index (Phi) is 5.20. The van der Waals surface area contributed by atoms with E-state index in [-0.39, 0.29) is 5.82 Å². The Balaban J connectivity index is 1.52. The molecule has 0 radical (unpaired) electrons. The van der Waals surface area contributed by atoms with Crippen molar-refractivity contribution in [3.63, 3.8) is 0 Å². The van der Waals surface area contributed by atoms with Crippen molar-refractivity contribution in [3.05, 3.63) is 95.8 Å². The molecule has 0 aromatic heterocycles. The average molecular weight is 320 g/mol. The van der Waals surface area contributed by atoms with Gasteiger partial charge in [-0.25, -0.2) is 4.39 Å². The SMILES string of the molecule is Fc1ccc(OCc2ccc(C=NNc3ccccc3)cc2)cc1. The number of benzene rings is 3. The molecule has 3 aromatic carbocycles. The third kappa shape index (κ3) is 4.68. The maximum absolute atomic E-state index is 12.8. The van der Waals surface area contributed by atoms with Crippen molar-refractivity contribution < 1.29 is 9.13 Å². The minimum absolute atomic E-state index is 0.268. The van der Waals surface area contributed by atoms with Crippen molar-refractivity contribution in [1.82, 2.24) is 0 Å². The van der Waals surface area contributed by atoms with Crippen LogP contribution in [-0.2, 0) is 6.61 Å². The number of hydrogen-bond acceptors (Lipinski definition) is 3. The van der Waals surface area contributed by atoms with E-state index < -0.39 is 0 Å². The molecule has 3 nitrogen and oxygen atoms in total. The number of hydrazone groups is 1. The summed E-state index contributed by atoms with van der Waals surface area (Å²) in [6, 6.07) is 23.7. The van der Waals surface area contributed by atoms with E-state index in [1.165, 1.54) is 12.1 Å². The molecule has 0 aliphatic rings. The predicted molar refractivity (Wildman–Crippen MR) is 94.8 cm³/mol. The molecule has 0 atom stereocenters. The Bertz CT molecular complexity index is 784. The highest BCUT2D eigenvalue weighted by Crippen LogP contribution is 2.13. The summed E-state index contributed by atoms with van der Waals surface area (Å²) in [6.45, 7) is 0.436. The van der Waals surface area contributed by atoms with Gasteiger partial charge in [-0.1, -0.05) is 42.5 Å². The molecule has 0 aliphatic carbocycles. The molecular formula is C20H17FN2O. The second-order valence-electron chi connectivity index (χ2n) is 5.22. The highest BCUT2D eigenvalue weighted by molar-refractivity contribution is 5.80. The Morgan fingerprint density at radius 1 is 0.875 bits per heavy atom. The third-order valence-corrected chi connectivity index (χ3v) is 3.38. The Morgan fingerprint density at radius 3 is 2.29 bits per heavy atom. The predicted octanol–water partition coefficient (Wildman–Crippen LogP) is 4.85. The van der Waals surface area contributed by atoms with Crippen LogP contribution in [0.4, 0.5) is 10.1 Å². The van der Waals surface area contributed by atoms with Crippen LogP contribution in [0.2, 0.25) is 0 Å². The van der Waals surface area contributed by atoms with E-state index in [2.05, 4.69) is 10.5 Å². The molecule has 0 saturated carbocycles. The maximum atomic E-state index is 12.8. The molecule has 24 heavy (non-hydrogen) atoms. The molecule has 0 spiro atoms. The van der Waals surface area contributed by atoms with Crippen LogP contribution in [0.5, 0.6) is 5.75 Å². The van der Waals surface area contributed by atoms with Gasteiger partial charge >= 0.3 is 0 Å². The first-order valence-corrected chi connectivity index (χ1v) is 7.61. The quantitative estimate of drug-likeness (QED) is 0.520. The summed E-state index contributed by atoms with van der Waals surface area (Å²) in [6.07, 6.45) is 1.76. The number of halogens is 1. The molecule has 1 N–H and O–H groups in total. The van der Waals surface area contributed by atoms with Gasteiger partial charge in [0.25, 0.3) is 0 Å². The lowest BCUT2D eigenvalue weighted by atomic mass is 10.1. The monoisotopic (exact) mass is 320 g/mol. The standard InChI is InChI=1S/C20H17FN2O/c21-18-10-12-20(13-11-18)24-15-17-8-6-16(7-9-17)14-22-23-19-4-2-1-3-5-19/h1-14,23H,15H2. The summed E-state index contributed by atoms with van der Waals surface area (Å²) in [7, 11) is 0. The van der Waals surface area contributed by atoms with Crippen LogP contribution >= 0.6 is 0 Å². The zero-order valence-electron chi connectivity index (χ0n) is 13.0. The van der Waals surface area contributed by atoms with Crippen molar-refractivity contribution in [2.24, 2.45) is 5.10 Å². The smallest absolute Gasteiger partial charge is 0.123 e. The van der Waals surface area contributed by atoms with Crippen molar-refractivity contribution in [3.8, 4) is 5.75 Å². The lowest BCUT2D eigenvalue weighted by molar-refractivity contribution is 0.306. The van der Waals surface area contributed by atoms with Crippen LogP contribution in [0.25, 0.3) is 0 Å². The first-order chi connectivity index (χ1) is 11.8. The van der Waals surface area contributed by atoms with Crippen molar-refractivity contribution >= 4 is 11.9 Å². The van der Waals surface area contributed by atoms with Gasteiger partial charge < -0.3 is 4.74 Å². The zero-order chi connectivity index (χ0) is 16.6. The molecule has 0 bridgehead atoms. The number of hydrogen-bond donors (Lipinski definition) is 1. The number of rotatable bonds is 6. The topological polar surface area (TPSA) is 33.6 Å². The number of anilines is 1. The van der Waals surface area contributed by atoms with Crippen LogP contribution < -0.4 is 10.2 Å². The summed E-state index contributed by atoms with van der Waals surface area (Å²) in [5.74, 6) is 0.379.